The Morgan fingerprint density at radius 3 is 2.70 bits per heavy atom. The number of azo groups is 1. The number of nitrogens with zero attached hydrogens (tertiary/aromatic N) is 4. The van der Waals surface area contributed by atoms with Crippen molar-refractivity contribution in [2.24, 2.45) is 10.2 Å². The highest BCUT2D eigenvalue weighted by Gasteiger charge is 2.07. The average molecular weight is 264 g/mol. The van der Waals surface area contributed by atoms with Crippen LogP contribution < -0.4 is 0 Å². The van der Waals surface area contributed by atoms with Crippen molar-refractivity contribution in [2.75, 3.05) is 0 Å². The zero-order valence-corrected chi connectivity index (χ0v) is 11.8. The van der Waals surface area contributed by atoms with Crippen LogP contribution in [0.4, 0.5) is 11.5 Å². The highest BCUT2D eigenvalue weighted by molar-refractivity contribution is 5.52. The Labute approximate surface area is 117 Å². The Balaban J connectivity index is 2.06. The van der Waals surface area contributed by atoms with Crippen LogP contribution in [0.5, 0.6) is 0 Å². The molecule has 0 unspecified atom stereocenters. The Morgan fingerprint density at radius 1 is 1.00 bits per heavy atom. The van der Waals surface area contributed by atoms with E-state index in [4.69, 9.17) is 0 Å². The molecule has 0 bridgehead atoms. The Kier molecular flexibility index (Phi) is 3.06. The number of hydrogen-bond acceptors (Lipinski definition) is 3. The predicted octanol–water partition coefficient (Wildman–Crippen LogP) is 4.67. The first-order valence-corrected chi connectivity index (χ1v) is 6.58. The molecule has 0 saturated heterocycles. The quantitative estimate of drug-likeness (QED) is 0.620. The summed E-state index contributed by atoms with van der Waals surface area (Å²) in [6.45, 7) is 6.04. The largest absolute Gasteiger partial charge is 0.283 e. The first kappa shape index (κ1) is 12.5. The number of aryl methyl sites for hydroxylation is 3. The fraction of sp³-hybridized carbons (Fsp3) is 0.188. The van der Waals surface area contributed by atoms with Gasteiger partial charge in [0.25, 0.3) is 0 Å². The zero-order valence-electron chi connectivity index (χ0n) is 11.8. The summed E-state index contributed by atoms with van der Waals surface area (Å²) in [4.78, 5) is 4.47. The fourth-order valence-electron chi connectivity index (χ4n) is 2.15. The predicted molar refractivity (Wildman–Crippen MR) is 80.0 cm³/mol. The van der Waals surface area contributed by atoms with Gasteiger partial charge in [-0.1, -0.05) is 18.2 Å². The van der Waals surface area contributed by atoms with Gasteiger partial charge in [0.1, 0.15) is 5.65 Å². The molecule has 100 valence electrons. The van der Waals surface area contributed by atoms with Gasteiger partial charge in [-0.15, -0.1) is 10.2 Å². The van der Waals surface area contributed by atoms with Gasteiger partial charge >= 0.3 is 0 Å². The van der Waals surface area contributed by atoms with Crippen molar-refractivity contribution < 1.29 is 0 Å². The molecule has 0 radical (unpaired) electrons. The van der Waals surface area contributed by atoms with E-state index in [0.717, 1.165) is 28.4 Å². The van der Waals surface area contributed by atoms with E-state index in [0.29, 0.717) is 0 Å². The lowest BCUT2D eigenvalue weighted by atomic mass is 10.1. The Bertz CT molecular complexity index is 799. The monoisotopic (exact) mass is 264 g/mol. The zero-order chi connectivity index (χ0) is 14.1. The smallest absolute Gasteiger partial charge is 0.182 e. The van der Waals surface area contributed by atoms with Crippen LogP contribution in [0, 0.1) is 20.8 Å². The van der Waals surface area contributed by atoms with Crippen molar-refractivity contribution in [2.45, 2.75) is 20.8 Å². The molecule has 1 aromatic carbocycles. The number of benzene rings is 1. The summed E-state index contributed by atoms with van der Waals surface area (Å²) in [5.74, 6) is 0.779. The van der Waals surface area contributed by atoms with Gasteiger partial charge in [0, 0.05) is 6.20 Å². The van der Waals surface area contributed by atoms with Gasteiger partial charge in [-0.05, 0) is 50.1 Å². The number of fused-ring (bicyclic) bond motifs is 1. The lowest BCUT2D eigenvalue weighted by Gasteiger charge is -2.00. The Morgan fingerprint density at radius 2 is 1.85 bits per heavy atom. The van der Waals surface area contributed by atoms with E-state index in [1.807, 2.05) is 48.7 Å². The molecule has 2 heterocycles. The maximum absolute atomic E-state index is 4.47. The highest BCUT2D eigenvalue weighted by atomic mass is 15.2. The van der Waals surface area contributed by atoms with Crippen LogP contribution in [0.15, 0.2) is 52.8 Å². The molecule has 4 nitrogen and oxygen atoms in total. The minimum Gasteiger partial charge on any atom is -0.283 e. The standard InChI is InChI=1S/C16H16N4/c1-11-7-8-12(2)14(10-11)18-19-16-13(3)17-15-6-4-5-9-20(15)16/h4-10H,1-3H3. The second-order valence-corrected chi connectivity index (χ2v) is 4.94. The lowest BCUT2D eigenvalue weighted by molar-refractivity contribution is 1.09. The fourth-order valence-corrected chi connectivity index (χ4v) is 2.15. The Hall–Kier alpha value is -2.49. The van der Waals surface area contributed by atoms with Crippen molar-refractivity contribution in [3.63, 3.8) is 0 Å². The van der Waals surface area contributed by atoms with Gasteiger partial charge in [-0.3, -0.25) is 4.40 Å². The van der Waals surface area contributed by atoms with E-state index in [1.54, 1.807) is 0 Å². The molecule has 0 atom stereocenters. The van der Waals surface area contributed by atoms with Crippen molar-refractivity contribution in [1.29, 1.82) is 0 Å². The number of imidazole rings is 1. The molecule has 0 amide bonds. The molecule has 0 aliphatic rings. The topological polar surface area (TPSA) is 42.0 Å². The summed E-state index contributed by atoms with van der Waals surface area (Å²) in [5.41, 5.74) is 4.96. The van der Waals surface area contributed by atoms with Crippen LogP contribution in [0.1, 0.15) is 16.8 Å². The summed E-state index contributed by atoms with van der Waals surface area (Å²) in [5, 5.41) is 8.78. The molecule has 0 spiro atoms. The van der Waals surface area contributed by atoms with Gasteiger partial charge in [-0.25, -0.2) is 4.98 Å². The van der Waals surface area contributed by atoms with Gasteiger partial charge in [0.05, 0.1) is 11.4 Å². The summed E-state index contributed by atoms with van der Waals surface area (Å²) >= 11 is 0. The SMILES string of the molecule is Cc1ccc(C)c(N=Nc2c(C)nc3ccccn23)c1. The molecule has 0 saturated carbocycles. The van der Waals surface area contributed by atoms with Crippen LogP contribution in [-0.2, 0) is 0 Å². The van der Waals surface area contributed by atoms with Crippen LogP contribution in [0.3, 0.4) is 0 Å². The molecule has 3 rings (SSSR count). The molecule has 20 heavy (non-hydrogen) atoms. The third kappa shape index (κ3) is 2.20. The van der Waals surface area contributed by atoms with Gasteiger partial charge in [-0.2, -0.15) is 0 Å². The second-order valence-electron chi connectivity index (χ2n) is 4.94. The molecule has 0 N–H and O–H groups in total. The van der Waals surface area contributed by atoms with Gasteiger partial charge < -0.3 is 0 Å². The summed E-state index contributed by atoms with van der Waals surface area (Å²) in [6, 6.07) is 12.1. The minimum atomic E-state index is 0.779. The van der Waals surface area contributed by atoms with E-state index >= 15 is 0 Å². The molecule has 3 aromatic rings. The van der Waals surface area contributed by atoms with E-state index in [1.165, 1.54) is 5.56 Å². The molecule has 0 aliphatic heterocycles. The van der Waals surface area contributed by atoms with Crippen LogP contribution in [0.25, 0.3) is 5.65 Å². The van der Waals surface area contributed by atoms with Gasteiger partial charge in [0.15, 0.2) is 5.82 Å². The summed E-state index contributed by atoms with van der Waals surface area (Å²) in [6.07, 6.45) is 1.95. The number of hydrogen-bond donors (Lipinski definition) is 0. The van der Waals surface area contributed by atoms with Crippen molar-refractivity contribution in [3.8, 4) is 0 Å². The van der Waals surface area contributed by atoms with E-state index in [-0.39, 0.29) is 0 Å². The molecule has 4 heteroatoms. The molecule has 2 aromatic heterocycles. The molecule has 0 aliphatic carbocycles. The number of aromatic nitrogens is 2. The average Bonchev–Trinajstić information content (AvgIpc) is 2.75. The molecule has 0 fully saturated rings. The number of rotatable bonds is 2. The van der Waals surface area contributed by atoms with Crippen LogP contribution in [0.2, 0.25) is 0 Å². The number of pyridine rings is 1. The minimum absolute atomic E-state index is 0.779. The highest BCUT2D eigenvalue weighted by Crippen LogP contribution is 2.25. The third-order valence-corrected chi connectivity index (χ3v) is 3.29. The van der Waals surface area contributed by atoms with Crippen LogP contribution in [-0.4, -0.2) is 9.38 Å². The first-order chi connectivity index (χ1) is 9.65. The molecular weight excluding hydrogens is 248 g/mol. The summed E-state index contributed by atoms with van der Waals surface area (Å²) < 4.78 is 1.95. The van der Waals surface area contributed by atoms with Crippen molar-refractivity contribution in [3.05, 3.63) is 59.4 Å². The van der Waals surface area contributed by atoms with Gasteiger partial charge in [0.2, 0.25) is 0 Å². The third-order valence-electron chi connectivity index (χ3n) is 3.29. The van der Waals surface area contributed by atoms with Crippen LogP contribution >= 0.6 is 0 Å². The maximum Gasteiger partial charge on any atom is 0.182 e. The normalized spacial score (nSPS) is 11.6. The second kappa shape index (κ2) is 4.89. The van der Waals surface area contributed by atoms with E-state index in [9.17, 15) is 0 Å². The van der Waals surface area contributed by atoms with Crippen molar-refractivity contribution >= 4 is 17.2 Å². The van der Waals surface area contributed by atoms with E-state index in [2.05, 4.69) is 34.3 Å². The summed E-state index contributed by atoms with van der Waals surface area (Å²) in [7, 11) is 0. The maximum atomic E-state index is 4.47. The molecular formula is C16H16N4. The lowest BCUT2D eigenvalue weighted by Crippen LogP contribution is -1.81. The first-order valence-electron chi connectivity index (χ1n) is 6.58. The van der Waals surface area contributed by atoms with Crippen molar-refractivity contribution in [1.82, 2.24) is 9.38 Å². The van der Waals surface area contributed by atoms with E-state index < -0.39 is 0 Å².